The molecule has 0 aliphatic rings. The first-order valence-electron chi connectivity index (χ1n) is 8.13. The Morgan fingerprint density at radius 1 is 0.550 bits per heavy atom. The molecule has 0 atom stereocenters. The van der Waals surface area contributed by atoms with E-state index in [1.165, 1.54) is 25.7 Å². The molecule has 112 valence electrons. The highest BCUT2D eigenvalue weighted by Crippen LogP contribution is 2.00. The van der Waals surface area contributed by atoms with Gasteiger partial charge in [-0.05, 0) is 45.4 Å². The number of unbranched alkanes of at least 4 members (excludes halogenated alkanes) is 3. The van der Waals surface area contributed by atoms with Crippen molar-refractivity contribution < 1.29 is 0 Å². The summed E-state index contributed by atoms with van der Waals surface area (Å²) in [4.78, 5) is 0. The zero-order chi connectivity index (χ0) is 14.7. The van der Waals surface area contributed by atoms with Crippen LogP contribution in [-0.4, -0.2) is 0 Å². The fourth-order valence-corrected chi connectivity index (χ4v) is 1.75. The summed E-state index contributed by atoms with van der Waals surface area (Å²) in [5.74, 6) is 0. The molecule has 0 aromatic rings. The zero-order valence-electron chi connectivity index (χ0n) is 13.4. The molecule has 0 radical (unpaired) electrons. The second kappa shape index (κ2) is 17.7. The average molecular weight is 272 g/mol. The Morgan fingerprint density at radius 3 is 1.45 bits per heavy atom. The zero-order valence-corrected chi connectivity index (χ0v) is 13.4. The van der Waals surface area contributed by atoms with E-state index >= 15 is 0 Å². The third-order valence-electron chi connectivity index (χ3n) is 2.97. The van der Waals surface area contributed by atoms with Gasteiger partial charge in [0.15, 0.2) is 0 Å². The van der Waals surface area contributed by atoms with Crippen molar-refractivity contribution in [2.45, 2.75) is 65.2 Å². The normalized spacial score (nSPS) is 13.1. The highest BCUT2D eigenvalue weighted by atomic mass is 13.9. The van der Waals surface area contributed by atoms with Crippen LogP contribution in [0.15, 0.2) is 60.8 Å². The van der Waals surface area contributed by atoms with E-state index in [2.05, 4.69) is 74.6 Å². The van der Waals surface area contributed by atoms with Crippen molar-refractivity contribution in [2.75, 3.05) is 0 Å². The molecule has 0 rings (SSSR count). The molecule has 0 heteroatoms. The van der Waals surface area contributed by atoms with Crippen LogP contribution in [0.5, 0.6) is 0 Å². The minimum atomic E-state index is 1.04. The minimum absolute atomic E-state index is 1.04. The second-order valence-electron chi connectivity index (χ2n) is 4.89. The van der Waals surface area contributed by atoms with Crippen LogP contribution in [0.25, 0.3) is 0 Å². The molecule has 0 aromatic carbocycles. The molecule has 0 aliphatic carbocycles. The van der Waals surface area contributed by atoms with Crippen molar-refractivity contribution in [3.05, 3.63) is 60.8 Å². The Bertz CT molecular complexity index is 313. The topological polar surface area (TPSA) is 0 Å². The molecule has 0 aromatic heterocycles. The fourth-order valence-electron chi connectivity index (χ4n) is 1.75. The first-order valence-corrected chi connectivity index (χ1v) is 8.13. The van der Waals surface area contributed by atoms with Crippen molar-refractivity contribution in [2.24, 2.45) is 0 Å². The largest absolute Gasteiger partial charge is 0.0914 e. The lowest BCUT2D eigenvalue weighted by Crippen LogP contribution is -1.70. The third kappa shape index (κ3) is 16.7. The molecule has 0 heterocycles. The lowest BCUT2D eigenvalue weighted by atomic mass is 10.2. The van der Waals surface area contributed by atoms with Crippen LogP contribution in [0.3, 0.4) is 0 Å². The van der Waals surface area contributed by atoms with Crippen LogP contribution in [-0.2, 0) is 0 Å². The van der Waals surface area contributed by atoms with E-state index in [9.17, 15) is 0 Å². The Morgan fingerprint density at radius 2 is 1.00 bits per heavy atom. The van der Waals surface area contributed by atoms with E-state index in [1.807, 2.05) is 0 Å². The van der Waals surface area contributed by atoms with E-state index in [0.717, 1.165) is 25.7 Å². The van der Waals surface area contributed by atoms with Crippen LogP contribution < -0.4 is 0 Å². The Balaban J connectivity index is 3.40. The molecule has 0 N–H and O–H groups in total. The molecular formula is C20H32. The predicted octanol–water partition coefficient (Wildman–Crippen LogP) is 6.93. The van der Waals surface area contributed by atoms with Crippen molar-refractivity contribution in [1.82, 2.24) is 0 Å². The molecule has 0 spiro atoms. The van der Waals surface area contributed by atoms with Gasteiger partial charge in [0.25, 0.3) is 0 Å². The Hall–Kier alpha value is -1.30. The number of rotatable bonds is 12. The summed E-state index contributed by atoms with van der Waals surface area (Å²) in [5.41, 5.74) is 0. The molecular weight excluding hydrogens is 240 g/mol. The molecule has 0 amide bonds. The van der Waals surface area contributed by atoms with E-state index in [1.54, 1.807) is 0 Å². The summed E-state index contributed by atoms with van der Waals surface area (Å²) in [6.07, 6.45) is 31.7. The molecule has 0 aliphatic heterocycles. The van der Waals surface area contributed by atoms with Crippen molar-refractivity contribution in [3.8, 4) is 0 Å². The summed E-state index contributed by atoms with van der Waals surface area (Å²) in [6.45, 7) is 4.30. The van der Waals surface area contributed by atoms with Gasteiger partial charge in [0.1, 0.15) is 0 Å². The van der Waals surface area contributed by atoms with Gasteiger partial charge in [-0.3, -0.25) is 0 Å². The molecule has 0 fully saturated rings. The van der Waals surface area contributed by atoms with Crippen molar-refractivity contribution in [3.63, 3.8) is 0 Å². The number of allylic oxidation sites excluding steroid dienone is 10. The minimum Gasteiger partial charge on any atom is -0.0914 e. The highest BCUT2D eigenvalue weighted by molar-refractivity contribution is 5.00. The summed E-state index contributed by atoms with van der Waals surface area (Å²) in [6, 6.07) is 0. The maximum absolute atomic E-state index is 2.31. The quantitative estimate of drug-likeness (QED) is 0.267. The van der Waals surface area contributed by atoms with Gasteiger partial charge in [-0.2, -0.15) is 0 Å². The molecule has 0 unspecified atom stereocenters. The molecule has 20 heavy (non-hydrogen) atoms. The first-order chi connectivity index (χ1) is 9.91. The SMILES string of the molecule is CC=CCC=CCC=CCC=CCC=CCCCCC. The van der Waals surface area contributed by atoms with Gasteiger partial charge in [0.05, 0.1) is 0 Å². The molecule has 0 saturated heterocycles. The van der Waals surface area contributed by atoms with E-state index < -0.39 is 0 Å². The average Bonchev–Trinajstić information content (AvgIpc) is 2.47. The monoisotopic (exact) mass is 272 g/mol. The maximum Gasteiger partial charge on any atom is -0.0169 e. The van der Waals surface area contributed by atoms with E-state index in [0.29, 0.717) is 0 Å². The maximum atomic E-state index is 2.31. The van der Waals surface area contributed by atoms with Gasteiger partial charge in [0, 0.05) is 0 Å². The predicted molar refractivity (Wildman–Crippen MR) is 94.0 cm³/mol. The highest BCUT2D eigenvalue weighted by Gasteiger charge is 1.80. The summed E-state index contributed by atoms with van der Waals surface area (Å²) >= 11 is 0. The second-order valence-corrected chi connectivity index (χ2v) is 4.89. The van der Waals surface area contributed by atoms with Crippen LogP contribution in [0.4, 0.5) is 0 Å². The third-order valence-corrected chi connectivity index (χ3v) is 2.97. The lowest BCUT2D eigenvalue weighted by molar-refractivity contribution is 0.728. The van der Waals surface area contributed by atoms with Gasteiger partial charge in [0.2, 0.25) is 0 Å². The molecule has 0 saturated carbocycles. The van der Waals surface area contributed by atoms with Crippen molar-refractivity contribution in [1.29, 1.82) is 0 Å². The standard InChI is InChI=1S/C20H32/c1-3-5-7-9-11-13-15-17-19-20-18-16-14-12-10-8-6-4-2/h3,5,9,11-12,14-15,17-18,20H,4,6-8,10,13,16,19H2,1-2H3. The smallest absolute Gasteiger partial charge is 0.0169 e. The van der Waals surface area contributed by atoms with Crippen LogP contribution >= 0.6 is 0 Å². The van der Waals surface area contributed by atoms with Crippen LogP contribution in [0.1, 0.15) is 65.2 Å². The Kier molecular flexibility index (Phi) is 16.5. The number of hydrogen-bond acceptors (Lipinski definition) is 0. The van der Waals surface area contributed by atoms with E-state index in [-0.39, 0.29) is 0 Å². The van der Waals surface area contributed by atoms with Crippen molar-refractivity contribution >= 4 is 0 Å². The fraction of sp³-hybridized carbons (Fsp3) is 0.500. The first kappa shape index (κ1) is 18.7. The van der Waals surface area contributed by atoms with E-state index in [4.69, 9.17) is 0 Å². The lowest BCUT2D eigenvalue weighted by Gasteiger charge is -1.90. The van der Waals surface area contributed by atoms with Gasteiger partial charge in [-0.25, -0.2) is 0 Å². The van der Waals surface area contributed by atoms with Crippen LogP contribution in [0, 0.1) is 0 Å². The summed E-state index contributed by atoms with van der Waals surface area (Å²) in [5, 5.41) is 0. The summed E-state index contributed by atoms with van der Waals surface area (Å²) in [7, 11) is 0. The Labute approximate surface area is 126 Å². The van der Waals surface area contributed by atoms with Crippen LogP contribution in [0.2, 0.25) is 0 Å². The molecule has 0 bridgehead atoms. The van der Waals surface area contributed by atoms with Gasteiger partial charge < -0.3 is 0 Å². The molecule has 0 nitrogen and oxygen atoms in total. The van der Waals surface area contributed by atoms with Gasteiger partial charge >= 0.3 is 0 Å². The number of hydrogen-bond donors (Lipinski definition) is 0. The van der Waals surface area contributed by atoms with Gasteiger partial charge in [-0.1, -0.05) is 80.5 Å². The summed E-state index contributed by atoms with van der Waals surface area (Å²) < 4.78 is 0. The van der Waals surface area contributed by atoms with Gasteiger partial charge in [-0.15, -0.1) is 0 Å².